The molecule has 32 heavy (non-hydrogen) atoms. The Balaban J connectivity index is 1.78. The van der Waals surface area contributed by atoms with Crippen molar-refractivity contribution in [3.05, 3.63) is 47.0 Å². The van der Waals surface area contributed by atoms with Gasteiger partial charge in [-0.1, -0.05) is 13.8 Å². The van der Waals surface area contributed by atoms with Gasteiger partial charge in [-0.25, -0.2) is 8.78 Å². The first-order valence-electron chi connectivity index (χ1n) is 10.8. The van der Waals surface area contributed by atoms with Gasteiger partial charge in [0.1, 0.15) is 17.5 Å². The van der Waals surface area contributed by atoms with Crippen molar-refractivity contribution in [1.29, 1.82) is 0 Å². The minimum atomic E-state index is -0.875. The van der Waals surface area contributed by atoms with Crippen LogP contribution in [0.15, 0.2) is 18.2 Å². The number of nitrogens with one attached hydrogen (secondary N) is 1. The molecular formula is C22H30F2N6O2. The van der Waals surface area contributed by atoms with Gasteiger partial charge in [0.2, 0.25) is 5.91 Å². The topological polar surface area (TPSA) is 83.4 Å². The highest BCUT2D eigenvalue weighted by Crippen LogP contribution is 2.23. The molecule has 1 aliphatic heterocycles. The van der Waals surface area contributed by atoms with Gasteiger partial charge in [0.15, 0.2) is 5.82 Å². The fourth-order valence-electron chi connectivity index (χ4n) is 3.87. The molecule has 2 heterocycles. The molecule has 0 fully saturated rings. The Morgan fingerprint density at radius 1 is 1.16 bits per heavy atom. The van der Waals surface area contributed by atoms with Crippen LogP contribution in [0.4, 0.5) is 8.78 Å². The van der Waals surface area contributed by atoms with Crippen molar-refractivity contribution in [2.45, 2.75) is 39.3 Å². The smallest absolute Gasteiger partial charge is 0.256 e. The average molecular weight is 449 g/mol. The van der Waals surface area contributed by atoms with Crippen LogP contribution in [0.1, 0.15) is 48.3 Å². The van der Waals surface area contributed by atoms with E-state index >= 15 is 0 Å². The van der Waals surface area contributed by atoms with Crippen LogP contribution in [0.25, 0.3) is 0 Å². The molecule has 1 N–H and O–H groups in total. The summed E-state index contributed by atoms with van der Waals surface area (Å²) in [5, 5.41) is 11.7. The monoisotopic (exact) mass is 448 g/mol. The highest BCUT2D eigenvalue weighted by Gasteiger charge is 2.28. The molecule has 0 aliphatic carbocycles. The third-order valence-electron chi connectivity index (χ3n) is 5.32. The molecule has 1 unspecified atom stereocenters. The summed E-state index contributed by atoms with van der Waals surface area (Å²) in [4.78, 5) is 28.6. The third kappa shape index (κ3) is 5.67. The summed E-state index contributed by atoms with van der Waals surface area (Å²) in [7, 11) is 3.66. The summed E-state index contributed by atoms with van der Waals surface area (Å²) in [5.41, 5.74) is -0.155. The summed E-state index contributed by atoms with van der Waals surface area (Å²) in [6.45, 7) is 5.50. The van der Waals surface area contributed by atoms with Crippen LogP contribution in [0.5, 0.6) is 0 Å². The molecule has 1 aromatic heterocycles. The van der Waals surface area contributed by atoms with E-state index in [1.54, 1.807) is 4.90 Å². The highest BCUT2D eigenvalue weighted by molar-refractivity contribution is 5.94. The van der Waals surface area contributed by atoms with E-state index in [-0.39, 0.29) is 24.1 Å². The van der Waals surface area contributed by atoms with Gasteiger partial charge in [-0.2, -0.15) is 0 Å². The minimum Gasteiger partial charge on any atom is -0.345 e. The Morgan fingerprint density at radius 3 is 2.56 bits per heavy atom. The second-order valence-electron chi connectivity index (χ2n) is 8.78. The fraction of sp³-hybridized carbons (Fsp3) is 0.545. The summed E-state index contributed by atoms with van der Waals surface area (Å²) in [6.07, 6.45) is 1.14. The van der Waals surface area contributed by atoms with Crippen LogP contribution in [-0.4, -0.2) is 70.1 Å². The number of halogens is 2. The molecule has 8 nitrogen and oxygen atoms in total. The van der Waals surface area contributed by atoms with Crippen LogP contribution >= 0.6 is 0 Å². The van der Waals surface area contributed by atoms with Gasteiger partial charge >= 0.3 is 0 Å². The predicted molar refractivity (Wildman–Crippen MR) is 115 cm³/mol. The first-order chi connectivity index (χ1) is 15.2. The van der Waals surface area contributed by atoms with E-state index in [0.29, 0.717) is 56.1 Å². The first kappa shape index (κ1) is 23.8. The number of hydrogen-bond acceptors (Lipinski definition) is 5. The summed E-state index contributed by atoms with van der Waals surface area (Å²) >= 11 is 0. The molecule has 0 saturated heterocycles. The number of aromatic nitrogens is 3. The number of nitrogens with zero attached hydrogens (tertiary/aromatic N) is 5. The van der Waals surface area contributed by atoms with Gasteiger partial charge in [-0.3, -0.25) is 9.59 Å². The summed E-state index contributed by atoms with van der Waals surface area (Å²) in [5.74, 6) is -0.499. The molecule has 174 valence electrons. The number of carbonyl (C=O) groups excluding carboxylic acids is 2. The molecule has 1 aromatic carbocycles. The quantitative estimate of drug-likeness (QED) is 0.701. The van der Waals surface area contributed by atoms with Crippen molar-refractivity contribution in [2.75, 3.05) is 33.7 Å². The van der Waals surface area contributed by atoms with E-state index in [0.717, 1.165) is 6.07 Å². The molecular weight excluding hydrogens is 418 g/mol. The van der Waals surface area contributed by atoms with Gasteiger partial charge in [0.25, 0.3) is 5.91 Å². The minimum absolute atomic E-state index is 0.102. The number of fused-ring (bicyclic) bond motifs is 1. The zero-order valence-electron chi connectivity index (χ0n) is 18.9. The lowest BCUT2D eigenvalue weighted by molar-refractivity contribution is -0.122. The Labute approximate surface area is 186 Å². The number of hydrogen-bond donors (Lipinski definition) is 1. The van der Waals surface area contributed by atoms with Crippen LogP contribution in [-0.2, 0) is 17.8 Å². The van der Waals surface area contributed by atoms with Crippen molar-refractivity contribution in [3.8, 4) is 0 Å². The Kier molecular flexibility index (Phi) is 7.55. The molecule has 0 saturated carbocycles. The Hall–Kier alpha value is -2.88. The second-order valence-corrected chi connectivity index (χ2v) is 8.78. The number of benzene rings is 1. The zero-order valence-corrected chi connectivity index (χ0v) is 18.9. The standard InChI is InChI=1S/C22H30F2N6O2/c1-14(2)11-18(25-20(31)13-28(3)4)21-27-26-19-7-8-29(9-10-30(19)21)22(32)16-6-5-15(23)12-17(16)24/h5-6,12,14,18H,7-11,13H2,1-4H3,(H,25,31). The van der Waals surface area contributed by atoms with E-state index in [1.807, 2.05) is 18.7 Å². The van der Waals surface area contributed by atoms with Crippen molar-refractivity contribution < 1.29 is 18.4 Å². The molecule has 0 spiro atoms. The van der Waals surface area contributed by atoms with Gasteiger partial charge in [0, 0.05) is 32.1 Å². The second kappa shape index (κ2) is 10.2. The van der Waals surface area contributed by atoms with E-state index < -0.39 is 17.5 Å². The maximum Gasteiger partial charge on any atom is 0.256 e. The first-order valence-corrected chi connectivity index (χ1v) is 10.8. The van der Waals surface area contributed by atoms with E-state index in [4.69, 9.17) is 0 Å². The molecule has 3 rings (SSSR count). The van der Waals surface area contributed by atoms with Crippen molar-refractivity contribution in [3.63, 3.8) is 0 Å². The number of rotatable bonds is 7. The lowest BCUT2D eigenvalue weighted by atomic mass is 10.0. The molecule has 1 atom stereocenters. The zero-order chi connectivity index (χ0) is 23.4. The predicted octanol–water partition coefficient (Wildman–Crippen LogP) is 2.02. The molecule has 2 aromatic rings. The van der Waals surface area contributed by atoms with Gasteiger partial charge in [-0.15, -0.1) is 10.2 Å². The molecule has 1 aliphatic rings. The number of amides is 2. The normalized spacial score (nSPS) is 14.9. The van der Waals surface area contributed by atoms with Gasteiger partial charge in [0.05, 0.1) is 18.2 Å². The number of carbonyl (C=O) groups is 2. The molecule has 10 heteroatoms. The molecule has 0 bridgehead atoms. The van der Waals surface area contributed by atoms with E-state index in [1.165, 1.54) is 11.0 Å². The SMILES string of the molecule is CC(C)CC(NC(=O)CN(C)C)c1nnc2n1CCN(C(=O)c1ccc(F)cc1F)CC2. The largest absolute Gasteiger partial charge is 0.345 e. The lowest BCUT2D eigenvalue weighted by Gasteiger charge is -2.23. The molecule has 2 amide bonds. The van der Waals surface area contributed by atoms with Crippen LogP contribution in [0.3, 0.4) is 0 Å². The fourth-order valence-corrected chi connectivity index (χ4v) is 3.87. The highest BCUT2D eigenvalue weighted by atomic mass is 19.1. The average Bonchev–Trinajstić information content (AvgIpc) is 2.97. The van der Waals surface area contributed by atoms with E-state index in [2.05, 4.69) is 29.4 Å². The number of likely N-dealkylation sites (N-methyl/N-ethyl adjacent to an activating group) is 1. The lowest BCUT2D eigenvalue weighted by Crippen LogP contribution is -2.38. The summed E-state index contributed by atoms with van der Waals surface area (Å²) < 4.78 is 29.3. The maximum atomic E-state index is 14.1. The third-order valence-corrected chi connectivity index (χ3v) is 5.32. The van der Waals surface area contributed by atoms with Crippen LogP contribution in [0, 0.1) is 17.6 Å². The van der Waals surface area contributed by atoms with Gasteiger partial charge in [-0.05, 0) is 38.6 Å². The maximum absolute atomic E-state index is 14.1. The summed E-state index contributed by atoms with van der Waals surface area (Å²) in [6, 6.07) is 2.65. The van der Waals surface area contributed by atoms with Crippen molar-refractivity contribution >= 4 is 11.8 Å². The Bertz CT molecular complexity index is 975. The van der Waals surface area contributed by atoms with Gasteiger partial charge < -0.3 is 19.7 Å². The van der Waals surface area contributed by atoms with Crippen molar-refractivity contribution in [2.24, 2.45) is 5.92 Å². The molecule has 0 radical (unpaired) electrons. The van der Waals surface area contributed by atoms with Crippen LogP contribution in [0.2, 0.25) is 0 Å². The van der Waals surface area contributed by atoms with Crippen LogP contribution < -0.4 is 5.32 Å². The van der Waals surface area contributed by atoms with E-state index in [9.17, 15) is 18.4 Å². The Morgan fingerprint density at radius 2 is 1.91 bits per heavy atom. The van der Waals surface area contributed by atoms with Crippen molar-refractivity contribution in [1.82, 2.24) is 29.9 Å².